The fraction of sp³-hybridized carbons (Fsp3) is 0.333. The van der Waals surface area contributed by atoms with Crippen LogP contribution in [0.1, 0.15) is 5.56 Å². The van der Waals surface area contributed by atoms with Crippen molar-refractivity contribution in [2.24, 2.45) is 11.8 Å². The minimum absolute atomic E-state index is 0.203. The van der Waals surface area contributed by atoms with Gasteiger partial charge in [-0.2, -0.15) is 0 Å². The number of hydrogen-bond acceptors (Lipinski definition) is 3. The molecule has 1 aromatic carbocycles. The van der Waals surface area contributed by atoms with Crippen molar-refractivity contribution in [3.8, 4) is 11.1 Å². The molecule has 4 rings (SSSR count). The Morgan fingerprint density at radius 1 is 1.14 bits per heavy atom. The van der Waals surface area contributed by atoms with E-state index in [2.05, 4.69) is 45.5 Å². The molecule has 0 saturated carbocycles. The standard InChI is InChI=1S/C18H19N3O/c22-18-17-12-21(11-16(17)9-20-18)10-13-3-5-14(6-4-13)15-2-1-7-19-8-15/h1-8,16-17H,9-12H2,(H,20,22)/t16-,17+/m0/s1. The largest absolute Gasteiger partial charge is 0.355 e. The molecule has 0 unspecified atom stereocenters. The van der Waals surface area contributed by atoms with Crippen LogP contribution in [0.3, 0.4) is 0 Å². The number of rotatable bonds is 3. The summed E-state index contributed by atoms with van der Waals surface area (Å²) in [6, 6.07) is 12.7. The van der Waals surface area contributed by atoms with Crippen molar-refractivity contribution in [1.82, 2.24) is 15.2 Å². The summed E-state index contributed by atoms with van der Waals surface area (Å²) in [5.41, 5.74) is 3.63. The second-order valence-electron chi connectivity index (χ2n) is 6.24. The summed E-state index contributed by atoms with van der Waals surface area (Å²) < 4.78 is 0. The number of hydrogen-bond donors (Lipinski definition) is 1. The van der Waals surface area contributed by atoms with Crippen molar-refractivity contribution >= 4 is 5.91 Å². The minimum Gasteiger partial charge on any atom is -0.355 e. The summed E-state index contributed by atoms with van der Waals surface area (Å²) in [7, 11) is 0. The van der Waals surface area contributed by atoms with Gasteiger partial charge in [0.1, 0.15) is 0 Å². The van der Waals surface area contributed by atoms with Crippen molar-refractivity contribution < 1.29 is 4.79 Å². The van der Waals surface area contributed by atoms with E-state index < -0.39 is 0 Å². The van der Waals surface area contributed by atoms with E-state index in [1.165, 1.54) is 11.1 Å². The van der Waals surface area contributed by atoms with Gasteiger partial charge in [0.2, 0.25) is 5.91 Å². The van der Waals surface area contributed by atoms with E-state index in [0.29, 0.717) is 5.92 Å². The van der Waals surface area contributed by atoms with Crippen LogP contribution in [-0.2, 0) is 11.3 Å². The zero-order chi connectivity index (χ0) is 14.9. The number of fused-ring (bicyclic) bond motifs is 1. The number of pyridine rings is 1. The zero-order valence-corrected chi connectivity index (χ0v) is 12.4. The second kappa shape index (κ2) is 5.54. The average molecular weight is 293 g/mol. The fourth-order valence-electron chi connectivity index (χ4n) is 3.55. The molecule has 4 heteroatoms. The lowest BCUT2D eigenvalue weighted by molar-refractivity contribution is -0.122. The van der Waals surface area contributed by atoms with Crippen molar-refractivity contribution in [3.63, 3.8) is 0 Å². The van der Waals surface area contributed by atoms with E-state index in [-0.39, 0.29) is 11.8 Å². The molecule has 0 aliphatic carbocycles. The van der Waals surface area contributed by atoms with Crippen LogP contribution in [-0.4, -0.2) is 35.4 Å². The lowest BCUT2D eigenvalue weighted by Gasteiger charge is -2.17. The Labute approximate surface area is 130 Å². The Kier molecular flexibility index (Phi) is 3.39. The number of likely N-dealkylation sites (tertiary alicyclic amines) is 1. The SMILES string of the molecule is O=C1NC[C@H]2CN(Cc3ccc(-c4cccnc4)cc3)C[C@@H]12. The van der Waals surface area contributed by atoms with Crippen LogP contribution in [0.5, 0.6) is 0 Å². The van der Waals surface area contributed by atoms with Gasteiger partial charge in [0, 0.05) is 44.5 Å². The number of aromatic nitrogens is 1. The normalized spacial score (nSPS) is 24.3. The summed E-state index contributed by atoms with van der Waals surface area (Å²) in [4.78, 5) is 18.3. The van der Waals surface area contributed by atoms with Crippen molar-refractivity contribution in [1.29, 1.82) is 0 Å². The van der Waals surface area contributed by atoms with Crippen LogP contribution in [0.25, 0.3) is 11.1 Å². The van der Waals surface area contributed by atoms with Gasteiger partial charge in [0.05, 0.1) is 5.92 Å². The second-order valence-corrected chi connectivity index (χ2v) is 6.24. The summed E-state index contributed by atoms with van der Waals surface area (Å²) in [5.74, 6) is 0.941. The molecular weight excluding hydrogens is 274 g/mol. The maximum absolute atomic E-state index is 11.7. The van der Waals surface area contributed by atoms with Gasteiger partial charge < -0.3 is 5.32 Å². The Morgan fingerprint density at radius 3 is 2.73 bits per heavy atom. The van der Waals surface area contributed by atoms with E-state index in [9.17, 15) is 4.79 Å². The van der Waals surface area contributed by atoms with Gasteiger partial charge >= 0.3 is 0 Å². The number of benzene rings is 1. The molecule has 22 heavy (non-hydrogen) atoms. The Bertz CT molecular complexity index is 668. The molecule has 1 amide bonds. The fourth-order valence-corrected chi connectivity index (χ4v) is 3.55. The highest BCUT2D eigenvalue weighted by molar-refractivity contribution is 5.81. The number of nitrogens with one attached hydrogen (secondary N) is 1. The maximum Gasteiger partial charge on any atom is 0.224 e. The first-order valence-electron chi connectivity index (χ1n) is 7.79. The van der Waals surface area contributed by atoms with Crippen LogP contribution in [0.4, 0.5) is 0 Å². The number of carbonyl (C=O) groups excluding carboxylic acids is 1. The van der Waals surface area contributed by atoms with Crippen LogP contribution in [0.2, 0.25) is 0 Å². The van der Waals surface area contributed by atoms with Crippen molar-refractivity contribution in [3.05, 3.63) is 54.4 Å². The Morgan fingerprint density at radius 2 is 2.00 bits per heavy atom. The molecule has 4 nitrogen and oxygen atoms in total. The van der Waals surface area contributed by atoms with E-state index in [0.717, 1.165) is 31.7 Å². The average Bonchev–Trinajstić information content (AvgIpc) is 3.11. The Balaban J connectivity index is 1.43. The number of carbonyl (C=O) groups is 1. The smallest absolute Gasteiger partial charge is 0.224 e. The van der Waals surface area contributed by atoms with Gasteiger partial charge in [-0.05, 0) is 22.8 Å². The lowest BCUT2D eigenvalue weighted by atomic mass is 10.0. The molecular formula is C18H19N3O. The third kappa shape index (κ3) is 2.50. The van der Waals surface area contributed by atoms with Gasteiger partial charge in [-0.1, -0.05) is 30.3 Å². The zero-order valence-electron chi connectivity index (χ0n) is 12.4. The molecule has 2 fully saturated rings. The molecule has 3 heterocycles. The molecule has 0 bridgehead atoms. The quantitative estimate of drug-likeness (QED) is 0.940. The first-order valence-corrected chi connectivity index (χ1v) is 7.79. The summed E-state index contributed by atoms with van der Waals surface area (Å²) in [6.07, 6.45) is 3.67. The number of nitrogens with zero attached hydrogens (tertiary/aromatic N) is 2. The molecule has 2 aliphatic heterocycles. The summed E-state index contributed by atoms with van der Waals surface area (Å²) in [6.45, 7) is 3.68. The van der Waals surface area contributed by atoms with E-state index in [1.54, 1.807) is 6.20 Å². The molecule has 2 atom stereocenters. The highest BCUT2D eigenvalue weighted by Crippen LogP contribution is 2.28. The van der Waals surface area contributed by atoms with Gasteiger partial charge in [-0.25, -0.2) is 0 Å². The molecule has 1 aromatic heterocycles. The predicted molar refractivity (Wildman–Crippen MR) is 84.9 cm³/mol. The van der Waals surface area contributed by atoms with Crippen LogP contribution in [0, 0.1) is 11.8 Å². The van der Waals surface area contributed by atoms with Crippen LogP contribution >= 0.6 is 0 Å². The van der Waals surface area contributed by atoms with Crippen LogP contribution < -0.4 is 5.32 Å². The molecule has 1 N–H and O–H groups in total. The van der Waals surface area contributed by atoms with Gasteiger partial charge in [-0.15, -0.1) is 0 Å². The van der Waals surface area contributed by atoms with Crippen molar-refractivity contribution in [2.45, 2.75) is 6.54 Å². The molecule has 2 saturated heterocycles. The first kappa shape index (κ1) is 13.5. The monoisotopic (exact) mass is 293 g/mol. The van der Waals surface area contributed by atoms with E-state index in [1.807, 2.05) is 12.3 Å². The Hall–Kier alpha value is -2.20. The maximum atomic E-state index is 11.7. The predicted octanol–water partition coefficient (Wildman–Crippen LogP) is 1.93. The molecule has 2 aromatic rings. The first-order chi connectivity index (χ1) is 10.8. The molecule has 0 spiro atoms. The topological polar surface area (TPSA) is 45.2 Å². The molecule has 0 radical (unpaired) electrons. The number of amides is 1. The lowest BCUT2D eigenvalue weighted by Crippen LogP contribution is -2.28. The third-order valence-electron chi connectivity index (χ3n) is 4.75. The molecule has 112 valence electrons. The minimum atomic E-state index is 0.203. The van der Waals surface area contributed by atoms with Crippen LogP contribution in [0.15, 0.2) is 48.8 Å². The molecule has 2 aliphatic rings. The highest BCUT2D eigenvalue weighted by atomic mass is 16.2. The summed E-state index contributed by atoms with van der Waals surface area (Å²) in [5, 5.41) is 2.96. The van der Waals surface area contributed by atoms with Gasteiger partial charge in [-0.3, -0.25) is 14.7 Å². The van der Waals surface area contributed by atoms with Gasteiger partial charge in [0.15, 0.2) is 0 Å². The summed E-state index contributed by atoms with van der Waals surface area (Å²) >= 11 is 0. The van der Waals surface area contributed by atoms with Gasteiger partial charge in [0.25, 0.3) is 0 Å². The third-order valence-corrected chi connectivity index (χ3v) is 4.75. The highest BCUT2D eigenvalue weighted by Gasteiger charge is 2.41. The van der Waals surface area contributed by atoms with Crippen molar-refractivity contribution in [2.75, 3.05) is 19.6 Å². The van der Waals surface area contributed by atoms with E-state index >= 15 is 0 Å². The van der Waals surface area contributed by atoms with E-state index in [4.69, 9.17) is 0 Å².